The standard InChI is InChI=1S/C17H24N4OS/c1-4-5-13-10-15(23-12(13)2)17(22)21-9-6-18-11-14(21)16-19-7-8-20(16)3/h7-8,10,14,18H,4-6,9,11H2,1-3H3. The predicted octanol–water partition coefficient (Wildman–Crippen LogP) is 2.53. The van der Waals surface area contributed by atoms with E-state index in [1.807, 2.05) is 22.7 Å². The molecule has 2 aromatic rings. The fourth-order valence-corrected chi connectivity index (χ4v) is 4.19. The Hall–Kier alpha value is -1.66. The predicted molar refractivity (Wildman–Crippen MR) is 92.9 cm³/mol. The first kappa shape index (κ1) is 16.2. The first-order valence-corrected chi connectivity index (χ1v) is 9.01. The largest absolute Gasteiger partial charge is 0.336 e. The SMILES string of the molecule is CCCc1cc(C(=O)N2CCNCC2c2nccn2C)sc1C. The number of thiophene rings is 1. The van der Waals surface area contributed by atoms with Crippen LogP contribution in [-0.4, -0.2) is 40.0 Å². The number of aromatic nitrogens is 2. The number of hydrogen-bond acceptors (Lipinski definition) is 4. The van der Waals surface area contributed by atoms with Crippen molar-refractivity contribution in [1.29, 1.82) is 0 Å². The Labute approximate surface area is 141 Å². The van der Waals surface area contributed by atoms with Crippen LogP contribution < -0.4 is 5.32 Å². The van der Waals surface area contributed by atoms with E-state index in [1.165, 1.54) is 10.4 Å². The van der Waals surface area contributed by atoms with Gasteiger partial charge in [0.25, 0.3) is 5.91 Å². The summed E-state index contributed by atoms with van der Waals surface area (Å²) in [5, 5.41) is 3.38. The van der Waals surface area contributed by atoms with E-state index < -0.39 is 0 Å². The van der Waals surface area contributed by atoms with Crippen molar-refractivity contribution in [2.75, 3.05) is 19.6 Å². The monoisotopic (exact) mass is 332 g/mol. The molecule has 1 atom stereocenters. The van der Waals surface area contributed by atoms with Crippen molar-refractivity contribution in [2.24, 2.45) is 7.05 Å². The van der Waals surface area contributed by atoms with Gasteiger partial charge in [-0.05, 0) is 25.0 Å². The van der Waals surface area contributed by atoms with Gasteiger partial charge >= 0.3 is 0 Å². The molecular weight excluding hydrogens is 308 g/mol. The highest BCUT2D eigenvalue weighted by molar-refractivity contribution is 7.14. The third kappa shape index (κ3) is 3.19. The normalized spacial score (nSPS) is 18.4. The molecule has 5 nitrogen and oxygen atoms in total. The van der Waals surface area contributed by atoms with Gasteiger partial charge in [0.15, 0.2) is 0 Å². The zero-order valence-electron chi connectivity index (χ0n) is 14.0. The van der Waals surface area contributed by atoms with Crippen LogP contribution in [0.3, 0.4) is 0 Å². The summed E-state index contributed by atoms with van der Waals surface area (Å²) in [6.07, 6.45) is 5.87. The lowest BCUT2D eigenvalue weighted by Gasteiger charge is -2.35. The third-order valence-electron chi connectivity index (χ3n) is 4.41. The van der Waals surface area contributed by atoms with Crippen LogP contribution in [0, 0.1) is 6.92 Å². The summed E-state index contributed by atoms with van der Waals surface area (Å²) >= 11 is 1.62. The van der Waals surface area contributed by atoms with Crippen molar-refractivity contribution < 1.29 is 4.79 Å². The van der Waals surface area contributed by atoms with Gasteiger partial charge in [0, 0.05) is 44.0 Å². The van der Waals surface area contributed by atoms with Gasteiger partial charge in [-0.3, -0.25) is 4.79 Å². The van der Waals surface area contributed by atoms with Crippen molar-refractivity contribution in [1.82, 2.24) is 19.8 Å². The minimum absolute atomic E-state index is 0.00622. The molecule has 124 valence electrons. The van der Waals surface area contributed by atoms with Crippen LogP contribution in [-0.2, 0) is 13.5 Å². The van der Waals surface area contributed by atoms with Gasteiger partial charge in [-0.1, -0.05) is 13.3 Å². The number of imidazole rings is 1. The van der Waals surface area contributed by atoms with E-state index in [0.717, 1.165) is 43.2 Å². The lowest BCUT2D eigenvalue weighted by atomic mass is 10.1. The summed E-state index contributed by atoms with van der Waals surface area (Å²) < 4.78 is 2.00. The molecule has 0 radical (unpaired) electrons. The van der Waals surface area contributed by atoms with E-state index in [-0.39, 0.29) is 11.9 Å². The molecule has 0 saturated carbocycles. The maximum atomic E-state index is 13.1. The molecule has 1 aliphatic rings. The highest BCUT2D eigenvalue weighted by atomic mass is 32.1. The Morgan fingerprint density at radius 2 is 2.35 bits per heavy atom. The second-order valence-electron chi connectivity index (χ2n) is 6.06. The average molecular weight is 332 g/mol. The molecule has 1 saturated heterocycles. The van der Waals surface area contributed by atoms with Crippen molar-refractivity contribution in [3.63, 3.8) is 0 Å². The zero-order chi connectivity index (χ0) is 16.4. The van der Waals surface area contributed by atoms with E-state index >= 15 is 0 Å². The van der Waals surface area contributed by atoms with Crippen molar-refractivity contribution in [3.05, 3.63) is 39.6 Å². The number of nitrogens with zero attached hydrogens (tertiary/aromatic N) is 3. The van der Waals surface area contributed by atoms with Crippen LogP contribution in [0.15, 0.2) is 18.5 Å². The molecule has 1 unspecified atom stereocenters. The molecule has 3 rings (SSSR count). The van der Waals surface area contributed by atoms with E-state index in [0.29, 0.717) is 0 Å². The summed E-state index contributed by atoms with van der Waals surface area (Å²) in [6.45, 7) is 6.59. The molecule has 6 heteroatoms. The van der Waals surface area contributed by atoms with Crippen LogP contribution in [0.5, 0.6) is 0 Å². The zero-order valence-corrected chi connectivity index (χ0v) is 14.8. The number of hydrogen-bond donors (Lipinski definition) is 1. The fraction of sp³-hybridized carbons (Fsp3) is 0.529. The third-order valence-corrected chi connectivity index (χ3v) is 5.49. The highest BCUT2D eigenvalue weighted by Crippen LogP contribution is 2.28. The lowest BCUT2D eigenvalue weighted by Crippen LogP contribution is -2.49. The van der Waals surface area contributed by atoms with Crippen molar-refractivity contribution in [2.45, 2.75) is 32.7 Å². The topological polar surface area (TPSA) is 50.2 Å². The van der Waals surface area contributed by atoms with Gasteiger partial charge in [-0.15, -0.1) is 11.3 Å². The van der Waals surface area contributed by atoms with Crippen LogP contribution >= 0.6 is 11.3 Å². The lowest BCUT2D eigenvalue weighted by molar-refractivity contribution is 0.0626. The quantitative estimate of drug-likeness (QED) is 0.936. The molecule has 23 heavy (non-hydrogen) atoms. The minimum atomic E-state index is -0.00622. The first-order valence-electron chi connectivity index (χ1n) is 8.20. The molecule has 3 heterocycles. The summed E-state index contributed by atoms with van der Waals surface area (Å²) in [7, 11) is 1.98. The number of carbonyl (C=O) groups is 1. The van der Waals surface area contributed by atoms with Crippen LogP contribution in [0.25, 0.3) is 0 Å². The maximum absolute atomic E-state index is 13.1. The second kappa shape index (κ2) is 6.84. The molecule has 1 amide bonds. The molecule has 1 fully saturated rings. The van der Waals surface area contributed by atoms with Crippen LogP contribution in [0.1, 0.15) is 45.3 Å². The van der Waals surface area contributed by atoms with Gasteiger partial charge in [-0.25, -0.2) is 4.98 Å². The Bertz CT molecular complexity index is 691. The molecule has 1 aliphatic heterocycles. The molecule has 0 aromatic carbocycles. The number of nitrogens with one attached hydrogen (secondary N) is 1. The Morgan fingerprint density at radius 1 is 1.52 bits per heavy atom. The van der Waals surface area contributed by atoms with E-state index in [2.05, 4.69) is 30.2 Å². The fourth-order valence-electron chi connectivity index (χ4n) is 3.16. The smallest absolute Gasteiger partial charge is 0.264 e. The summed E-state index contributed by atoms with van der Waals surface area (Å²) in [5.74, 6) is 1.07. The van der Waals surface area contributed by atoms with E-state index in [1.54, 1.807) is 17.5 Å². The average Bonchev–Trinajstić information content (AvgIpc) is 3.13. The Kier molecular flexibility index (Phi) is 4.82. The van der Waals surface area contributed by atoms with E-state index in [9.17, 15) is 4.79 Å². The number of amides is 1. The molecule has 0 spiro atoms. The van der Waals surface area contributed by atoms with Crippen LogP contribution in [0.2, 0.25) is 0 Å². The Balaban J connectivity index is 1.87. The van der Waals surface area contributed by atoms with Gasteiger partial charge in [0.05, 0.1) is 4.88 Å². The van der Waals surface area contributed by atoms with Crippen molar-refractivity contribution >= 4 is 17.2 Å². The molecule has 2 aromatic heterocycles. The number of piperazine rings is 1. The van der Waals surface area contributed by atoms with Gasteiger partial charge < -0.3 is 14.8 Å². The number of aryl methyl sites for hydroxylation is 3. The Morgan fingerprint density at radius 3 is 3.04 bits per heavy atom. The molecule has 1 N–H and O–H groups in total. The van der Waals surface area contributed by atoms with E-state index in [4.69, 9.17) is 0 Å². The molecule has 0 bridgehead atoms. The first-order chi connectivity index (χ1) is 11.1. The summed E-state index contributed by atoms with van der Waals surface area (Å²) in [5.41, 5.74) is 1.31. The number of rotatable bonds is 4. The summed E-state index contributed by atoms with van der Waals surface area (Å²) in [4.78, 5) is 21.6. The minimum Gasteiger partial charge on any atom is -0.336 e. The van der Waals surface area contributed by atoms with Gasteiger partial charge in [-0.2, -0.15) is 0 Å². The van der Waals surface area contributed by atoms with Gasteiger partial charge in [0.2, 0.25) is 0 Å². The second-order valence-corrected chi connectivity index (χ2v) is 7.31. The van der Waals surface area contributed by atoms with Gasteiger partial charge in [0.1, 0.15) is 11.9 Å². The van der Waals surface area contributed by atoms with Crippen LogP contribution in [0.4, 0.5) is 0 Å². The highest BCUT2D eigenvalue weighted by Gasteiger charge is 2.31. The maximum Gasteiger partial charge on any atom is 0.264 e. The van der Waals surface area contributed by atoms with Crippen molar-refractivity contribution in [3.8, 4) is 0 Å². The molecule has 0 aliphatic carbocycles. The number of carbonyl (C=O) groups excluding carboxylic acids is 1. The summed E-state index contributed by atoms with van der Waals surface area (Å²) in [6, 6.07) is 2.08. The molecular formula is C17H24N4OS.